The van der Waals surface area contributed by atoms with Gasteiger partial charge in [-0.2, -0.15) is 0 Å². The molecule has 0 aromatic carbocycles. The number of methoxy groups -OCH3 is 1. The monoisotopic (exact) mass is 214 g/mol. The van der Waals surface area contributed by atoms with Crippen LogP contribution in [0.25, 0.3) is 0 Å². The summed E-state index contributed by atoms with van der Waals surface area (Å²) in [5.41, 5.74) is -0.896. The predicted molar refractivity (Wildman–Crippen MR) is 53.9 cm³/mol. The third-order valence-corrected chi connectivity index (χ3v) is 1.89. The van der Waals surface area contributed by atoms with Gasteiger partial charge in [0.25, 0.3) is 5.56 Å². The standard InChI is InChI=1S/C9H14N2O4/c1-7(15-6-5-14-2)11-4-3-8(12)10-9(11)13/h3-4,7H,5-6H2,1-2H3,(H,10,12,13). The van der Waals surface area contributed by atoms with Gasteiger partial charge in [-0.1, -0.05) is 0 Å². The number of aromatic nitrogens is 2. The summed E-state index contributed by atoms with van der Waals surface area (Å²) in [6.45, 7) is 2.57. The number of rotatable bonds is 5. The Labute approximate surface area is 86.5 Å². The molecule has 15 heavy (non-hydrogen) atoms. The van der Waals surface area contributed by atoms with Crippen molar-refractivity contribution in [1.29, 1.82) is 0 Å². The number of nitrogens with one attached hydrogen (secondary N) is 1. The van der Waals surface area contributed by atoms with E-state index >= 15 is 0 Å². The third-order valence-electron chi connectivity index (χ3n) is 1.89. The lowest BCUT2D eigenvalue weighted by Gasteiger charge is -2.14. The van der Waals surface area contributed by atoms with Crippen molar-refractivity contribution >= 4 is 0 Å². The number of hydrogen-bond donors (Lipinski definition) is 1. The molecular weight excluding hydrogens is 200 g/mol. The van der Waals surface area contributed by atoms with Crippen LogP contribution in [0.5, 0.6) is 0 Å². The molecule has 0 spiro atoms. The molecule has 0 aliphatic rings. The van der Waals surface area contributed by atoms with Crippen LogP contribution >= 0.6 is 0 Å². The van der Waals surface area contributed by atoms with Crippen LogP contribution in [-0.2, 0) is 9.47 Å². The minimum absolute atomic E-state index is 0.392. The van der Waals surface area contributed by atoms with Crippen molar-refractivity contribution in [3.8, 4) is 0 Å². The smallest absolute Gasteiger partial charge is 0.330 e. The maximum atomic E-state index is 11.3. The molecule has 1 unspecified atom stereocenters. The van der Waals surface area contributed by atoms with Crippen LogP contribution < -0.4 is 11.2 Å². The minimum Gasteiger partial charge on any atom is -0.382 e. The molecule has 1 rings (SSSR count). The van der Waals surface area contributed by atoms with Crippen molar-refractivity contribution in [2.75, 3.05) is 20.3 Å². The quantitative estimate of drug-likeness (QED) is 0.684. The largest absolute Gasteiger partial charge is 0.382 e. The van der Waals surface area contributed by atoms with E-state index in [2.05, 4.69) is 4.98 Å². The van der Waals surface area contributed by atoms with E-state index in [-0.39, 0.29) is 0 Å². The lowest BCUT2D eigenvalue weighted by Crippen LogP contribution is -2.31. The molecule has 0 aliphatic carbocycles. The van der Waals surface area contributed by atoms with Gasteiger partial charge in [-0.15, -0.1) is 0 Å². The second-order valence-electron chi connectivity index (χ2n) is 2.98. The van der Waals surface area contributed by atoms with Crippen LogP contribution in [-0.4, -0.2) is 29.9 Å². The number of aromatic amines is 1. The summed E-state index contributed by atoms with van der Waals surface area (Å²) in [5, 5.41) is 0. The van der Waals surface area contributed by atoms with Crippen LogP contribution in [0.3, 0.4) is 0 Å². The highest BCUT2D eigenvalue weighted by molar-refractivity contribution is 4.83. The summed E-state index contributed by atoms with van der Waals surface area (Å²) in [6, 6.07) is 1.28. The Morgan fingerprint density at radius 3 is 2.80 bits per heavy atom. The van der Waals surface area contributed by atoms with Gasteiger partial charge in [-0.25, -0.2) is 4.79 Å². The molecule has 1 atom stereocenters. The fourth-order valence-corrected chi connectivity index (χ4v) is 1.10. The Hall–Kier alpha value is -1.40. The van der Waals surface area contributed by atoms with E-state index in [0.29, 0.717) is 13.2 Å². The maximum absolute atomic E-state index is 11.3. The normalized spacial score (nSPS) is 12.7. The van der Waals surface area contributed by atoms with Crippen molar-refractivity contribution < 1.29 is 9.47 Å². The van der Waals surface area contributed by atoms with Crippen LogP contribution in [0.15, 0.2) is 21.9 Å². The molecule has 6 nitrogen and oxygen atoms in total. The first-order valence-corrected chi connectivity index (χ1v) is 4.57. The Balaban J connectivity index is 2.69. The second-order valence-corrected chi connectivity index (χ2v) is 2.98. The van der Waals surface area contributed by atoms with Gasteiger partial charge in [0.2, 0.25) is 0 Å². The third kappa shape index (κ3) is 3.34. The van der Waals surface area contributed by atoms with Crippen molar-refractivity contribution in [3.05, 3.63) is 33.1 Å². The topological polar surface area (TPSA) is 73.3 Å². The molecule has 84 valence electrons. The molecule has 1 heterocycles. The molecule has 0 saturated carbocycles. The zero-order chi connectivity index (χ0) is 11.3. The molecule has 0 radical (unpaired) electrons. The number of nitrogens with zero attached hydrogens (tertiary/aromatic N) is 1. The van der Waals surface area contributed by atoms with E-state index in [9.17, 15) is 9.59 Å². The average Bonchev–Trinajstić information content (AvgIpc) is 2.17. The summed E-state index contributed by atoms with van der Waals surface area (Å²) in [7, 11) is 1.57. The van der Waals surface area contributed by atoms with E-state index in [4.69, 9.17) is 9.47 Å². The number of ether oxygens (including phenoxy) is 2. The SMILES string of the molecule is COCCOC(C)n1ccc(=O)[nH]c1=O. The van der Waals surface area contributed by atoms with Gasteiger partial charge in [0, 0.05) is 19.4 Å². The number of hydrogen-bond acceptors (Lipinski definition) is 4. The molecule has 1 aromatic heterocycles. The van der Waals surface area contributed by atoms with E-state index < -0.39 is 17.5 Å². The predicted octanol–water partition coefficient (Wildman–Crippen LogP) is -0.282. The van der Waals surface area contributed by atoms with E-state index in [1.54, 1.807) is 14.0 Å². The highest BCUT2D eigenvalue weighted by Gasteiger charge is 2.05. The van der Waals surface area contributed by atoms with Crippen LogP contribution in [0.2, 0.25) is 0 Å². The van der Waals surface area contributed by atoms with Crippen LogP contribution in [0, 0.1) is 0 Å². The Kier molecular flexibility index (Phi) is 4.26. The average molecular weight is 214 g/mol. The first-order valence-electron chi connectivity index (χ1n) is 4.57. The lowest BCUT2D eigenvalue weighted by molar-refractivity contribution is -0.0138. The van der Waals surface area contributed by atoms with Crippen LogP contribution in [0.1, 0.15) is 13.2 Å². The van der Waals surface area contributed by atoms with Gasteiger partial charge < -0.3 is 9.47 Å². The fraction of sp³-hybridized carbons (Fsp3) is 0.556. The highest BCUT2D eigenvalue weighted by atomic mass is 16.5. The zero-order valence-corrected chi connectivity index (χ0v) is 8.73. The summed E-state index contributed by atoms with van der Waals surface area (Å²) in [6.07, 6.45) is 0.975. The van der Waals surface area contributed by atoms with Crippen molar-refractivity contribution in [1.82, 2.24) is 9.55 Å². The first-order chi connectivity index (χ1) is 7.15. The van der Waals surface area contributed by atoms with Crippen molar-refractivity contribution in [3.63, 3.8) is 0 Å². The second kappa shape index (κ2) is 5.47. The first kappa shape index (κ1) is 11.7. The Morgan fingerprint density at radius 1 is 1.47 bits per heavy atom. The molecule has 0 bridgehead atoms. The summed E-state index contributed by atoms with van der Waals surface area (Å²) >= 11 is 0. The maximum Gasteiger partial charge on any atom is 0.330 e. The van der Waals surface area contributed by atoms with Gasteiger partial charge in [0.15, 0.2) is 0 Å². The van der Waals surface area contributed by atoms with Crippen molar-refractivity contribution in [2.45, 2.75) is 13.2 Å². The fourth-order valence-electron chi connectivity index (χ4n) is 1.10. The number of H-pyrrole nitrogens is 1. The van der Waals surface area contributed by atoms with E-state index in [1.165, 1.54) is 16.8 Å². The van der Waals surface area contributed by atoms with Gasteiger partial charge >= 0.3 is 5.69 Å². The molecule has 0 amide bonds. The molecule has 0 aliphatic heterocycles. The van der Waals surface area contributed by atoms with Crippen LogP contribution in [0.4, 0.5) is 0 Å². The minimum atomic E-state index is -0.479. The summed E-state index contributed by atoms with van der Waals surface area (Å²) < 4.78 is 11.4. The Morgan fingerprint density at radius 2 is 2.20 bits per heavy atom. The molecule has 0 saturated heterocycles. The summed E-state index contributed by atoms with van der Waals surface area (Å²) in [4.78, 5) is 24.3. The molecular formula is C9H14N2O4. The van der Waals surface area contributed by atoms with Gasteiger partial charge in [-0.3, -0.25) is 14.3 Å². The van der Waals surface area contributed by atoms with Gasteiger partial charge in [-0.05, 0) is 6.92 Å². The molecule has 1 aromatic rings. The van der Waals surface area contributed by atoms with Gasteiger partial charge in [0.1, 0.15) is 6.23 Å². The highest BCUT2D eigenvalue weighted by Crippen LogP contribution is 2.01. The Bertz CT molecular complexity index is 409. The zero-order valence-electron chi connectivity index (χ0n) is 8.73. The van der Waals surface area contributed by atoms with E-state index in [0.717, 1.165) is 0 Å². The summed E-state index contributed by atoms with van der Waals surface area (Å²) in [5.74, 6) is 0. The molecule has 6 heteroatoms. The molecule has 0 fully saturated rings. The molecule has 1 N–H and O–H groups in total. The van der Waals surface area contributed by atoms with E-state index in [1.807, 2.05) is 0 Å². The lowest BCUT2D eigenvalue weighted by atomic mass is 10.5. The van der Waals surface area contributed by atoms with Gasteiger partial charge in [0.05, 0.1) is 13.2 Å². The van der Waals surface area contributed by atoms with Crippen molar-refractivity contribution in [2.24, 2.45) is 0 Å².